The minimum absolute atomic E-state index is 0.0601. The van der Waals surface area contributed by atoms with Crippen LogP contribution in [0.1, 0.15) is 31.7 Å². The van der Waals surface area contributed by atoms with Gasteiger partial charge in [0.25, 0.3) is 0 Å². The average Bonchev–Trinajstić information content (AvgIpc) is 2.76. The Morgan fingerprint density at radius 2 is 1.79 bits per heavy atom. The zero-order valence-electron chi connectivity index (χ0n) is 18.9. The molecular weight excluding hydrogens is 485 g/mol. The Hall–Kier alpha value is -2.29. The molecule has 2 aromatic carbocycles. The lowest BCUT2D eigenvalue weighted by atomic mass is 10.1. The lowest BCUT2D eigenvalue weighted by Gasteiger charge is -2.31. The maximum atomic E-state index is 13.2. The minimum atomic E-state index is -3.58. The number of anilines is 1. The van der Waals surface area contributed by atoms with E-state index in [9.17, 15) is 18.0 Å². The summed E-state index contributed by atoms with van der Waals surface area (Å²) in [4.78, 5) is 27.2. The van der Waals surface area contributed by atoms with Crippen molar-refractivity contribution in [3.05, 3.63) is 64.1 Å². The lowest BCUT2D eigenvalue weighted by molar-refractivity contribution is -0.141. The van der Waals surface area contributed by atoms with Crippen molar-refractivity contribution < 1.29 is 18.0 Å². The van der Waals surface area contributed by atoms with Crippen molar-refractivity contribution in [1.82, 2.24) is 10.2 Å². The van der Waals surface area contributed by atoms with Crippen molar-refractivity contribution in [2.24, 2.45) is 0 Å². The molecule has 2 aromatic rings. The molecule has 180 valence electrons. The van der Waals surface area contributed by atoms with E-state index in [1.54, 1.807) is 36.4 Å². The molecule has 2 rings (SSSR count). The molecule has 0 saturated heterocycles. The third kappa shape index (κ3) is 7.62. The Bertz CT molecular complexity index is 1080. The van der Waals surface area contributed by atoms with E-state index >= 15 is 0 Å². The quantitative estimate of drug-likeness (QED) is 0.490. The third-order valence-electron chi connectivity index (χ3n) is 5.18. The normalized spacial score (nSPS) is 12.2. The Balaban J connectivity index is 2.20. The second-order valence-electron chi connectivity index (χ2n) is 7.57. The number of nitrogens with zero attached hydrogens (tertiary/aromatic N) is 2. The van der Waals surface area contributed by atoms with Gasteiger partial charge in [-0.05, 0) is 42.7 Å². The molecule has 0 aromatic heterocycles. The van der Waals surface area contributed by atoms with Gasteiger partial charge in [-0.1, -0.05) is 54.4 Å². The molecule has 0 saturated carbocycles. The van der Waals surface area contributed by atoms with E-state index in [0.717, 1.165) is 11.8 Å². The van der Waals surface area contributed by atoms with Crippen LogP contribution in [0.5, 0.6) is 0 Å². The molecule has 0 aliphatic rings. The molecule has 0 bridgehead atoms. The van der Waals surface area contributed by atoms with Gasteiger partial charge in [0.05, 0.1) is 11.9 Å². The predicted molar refractivity (Wildman–Crippen MR) is 133 cm³/mol. The van der Waals surface area contributed by atoms with Gasteiger partial charge < -0.3 is 10.2 Å². The summed E-state index contributed by atoms with van der Waals surface area (Å²) in [6.45, 7) is 2.10. The number of benzene rings is 2. The first-order valence-electron chi connectivity index (χ1n) is 10.6. The molecular formula is C23H29Cl2N3O4S. The first-order valence-corrected chi connectivity index (χ1v) is 13.2. The van der Waals surface area contributed by atoms with Gasteiger partial charge in [-0.15, -0.1) is 0 Å². The van der Waals surface area contributed by atoms with Crippen LogP contribution >= 0.6 is 23.2 Å². The molecule has 0 spiro atoms. The number of carbonyl (C=O) groups excluding carboxylic acids is 2. The van der Waals surface area contributed by atoms with Gasteiger partial charge in [0.1, 0.15) is 6.04 Å². The number of hydrogen-bond acceptors (Lipinski definition) is 4. The van der Waals surface area contributed by atoms with Gasteiger partial charge in [0.2, 0.25) is 21.8 Å². The average molecular weight is 514 g/mol. The minimum Gasteiger partial charge on any atom is -0.357 e. The molecule has 1 N–H and O–H groups in total. The van der Waals surface area contributed by atoms with Crippen LogP contribution in [-0.2, 0) is 26.2 Å². The number of amides is 2. The fraction of sp³-hybridized carbons (Fsp3) is 0.391. The Kier molecular flexibility index (Phi) is 10.0. The summed E-state index contributed by atoms with van der Waals surface area (Å²) in [6.07, 6.45) is 1.86. The molecule has 33 heavy (non-hydrogen) atoms. The number of rotatable bonds is 11. The lowest BCUT2D eigenvalue weighted by Crippen LogP contribution is -2.48. The first-order chi connectivity index (χ1) is 15.6. The van der Waals surface area contributed by atoms with Crippen molar-refractivity contribution in [2.75, 3.05) is 24.2 Å². The smallest absolute Gasteiger partial charge is 0.242 e. The van der Waals surface area contributed by atoms with E-state index < -0.39 is 16.1 Å². The number of likely N-dealkylation sites (N-methyl/N-ethyl adjacent to an activating group) is 1. The number of nitrogens with one attached hydrogen (secondary N) is 1. The molecule has 1 atom stereocenters. The van der Waals surface area contributed by atoms with Crippen LogP contribution in [0.15, 0.2) is 48.5 Å². The molecule has 0 unspecified atom stereocenters. The van der Waals surface area contributed by atoms with Crippen molar-refractivity contribution in [3.8, 4) is 0 Å². The zero-order chi connectivity index (χ0) is 24.6. The molecule has 0 fully saturated rings. The van der Waals surface area contributed by atoms with Crippen LogP contribution < -0.4 is 9.62 Å². The monoisotopic (exact) mass is 513 g/mol. The standard InChI is InChI=1S/C23H29Cl2N3O4S/c1-4-21(23(30)26-2)27(16-17-9-5-6-12-20(17)25)22(29)13-8-14-28(33(3,31)32)19-11-7-10-18(24)15-19/h5-7,9-12,15,21H,4,8,13-14,16H2,1-3H3,(H,26,30)/t21-/m1/s1. The maximum Gasteiger partial charge on any atom is 0.242 e. The number of sulfonamides is 1. The third-order valence-corrected chi connectivity index (χ3v) is 6.98. The topological polar surface area (TPSA) is 86.8 Å². The van der Waals surface area contributed by atoms with E-state index in [1.165, 1.54) is 16.3 Å². The van der Waals surface area contributed by atoms with E-state index in [4.69, 9.17) is 23.2 Å². The zero-order valence-corrected chi connectivity index (χ0v) is 21.3. The molecule has 10 heteroatoms. The highest BCUT2D eigenvalue weighted by Gasteiger charge is 2.28. The highest BCUT2D eigenvalue weighted by atomic mass is 35.5. The predicted octanol–water partition coefficient (Wildman–Crippen LogP) is 4.09. The summed E-state index contributed by atoms with van der Waals surface area (Å²) in [7, 11) is -2.05. The van der Waals surface area contributed by atoms with Gasteiger partial charge in [-0.2, -0.15) is 0 Å². The van der Waals surface area contributed by atoms with E-state index in [0.29, 0.717) is 22.2 Å². The van der Waals surface area contributed by atoms with Gasteiger partial charge >= 0.3 is 0 Å². The SMILES string of the molecule is CC[C@H](C(=O)NC)N(Cc1ccccc1Cl)C(=O)CCCN(c1cccc(Cl)c1)S(C)(=O)=O. The van der Waals surface area contributed by atoms with Crippen LogP contribution in [0, 0.1) is 0 Å². The van der Waals surface area contributed by atoms with Gasteiger partial charge in [0, 0.05) is 36.6 Å². The molecule has 0 aliphatic carbocycles. The highest BCUT2D eigenvalue weighted by Crippen LogP contribution is 2.23. The molecule has 7 nitrogen and oxygen atoms in total. The van der Waals surface area contributed by atoms with Crippen LogP contribution in [0.4, 0.5) is 5.69 Å². The molecule has 2 amide bonds. The number of halogens is 2. The van der Waals surface area contributed by atoms with Gasteiger partial charge in [0.15, 0.2) is 0 Å². The summed E-state index contributed by atoms with van der Waals surface area (Å²) < 4.78 is 25.9. The second kappa shape index (κ2) is 12.3. The summed E-state index contributed by atoms with van der Waals surface area (Å²) in [5.74, 6) is -0.528. The van der Waals surface area contributed by atoms with Crippen molar-refractivity contribution in [2.45, 2.75) is 38.8 Å². The van der Waals surface area contributed by atoms with Crippen molar-refractivity contribution in [3.63, 3.8) is 0 Å². The number of hydrogen-bond donors (Lipinski definition) is 1. The van der Waals surface area contributed by atoms with Gasteiger partial charge in [-0.25, -0.2) is 8.42 Å². The highest BCUT2D eigenvalue weighted by molar-refractivity contribution is 7.92. The largest absolute Gasteiger partial charge is 0.357 e. The second-order valence-corrected chi connectivity index (χ2v) is 10.3. The van der Waals surface area contributed by atoms with Crippen LogP contribution in [0.25, 0.3) is 0 Å². The van der Waals surface area contributed by atoms with Crippen LogP contribution in [0.3, 0.4) is 0 Å². The van der Waals surface area contributed by atoms with E-state index in [2.05, 4.69) is 5.32 Å². The Morgan fingerprint density at radius 3 is 2.36 bits per heavy atom. The number of carbonyl (C=O) groups is 2. The maximum absolute atomic E-state index is 13.2. The summed E-state index contributed by atoms with van der Waals surface area (Å²) >= 11 is 12.3. The summed E-state index contributed by atoms with van der Waals surface area (Å²) in [5.41, 5.74) is 1.16. The molecule has 0 aliphatic heterocycles. The fourth-order valence-electron chi connectivity index (χ4n) is 3.53. The van der Waals surface area contributed by atoms with E-state index in [-0.39, 0.29) is 37.7 Å². The summed E-state index contributed by atoms with van der Waals surface area (Å²) in [5, 5.41) is 3.53. The summed E-state index contributed by atoms with van der Waals surface area (Å²) in [6, 6.07) is 13.0. The Labute approximate surface area is 205 Å². The first kappa shape index (κ1) is 27.0. The van der Waals surface area contributed by atoms with E-state index in [1.807, 2.05) is 19.1 Å². The van der Waals surface area contributed by atoms with Crippen LogP contribution in [-0.4, -0.2) is 51.0 Å². The van der Waals surface area contributed by atoms with Crippen LogP contribution in [0.2, 0.25) is 10.0 Å². The fourth-order valence-corrected chi connectivity index (χ4v) is 4.87. The van der Waals surface area contributed by atoms with Crippen molar-refractivity contribution >= 4 is 50.7 Å². The molecule has 0 heterocycles. The molecule has 0 radical (unpaired) electrons. The van der Waals surface area contributed by atoms with Crippen molar-refractivity contribution in [1.29, 1.82) is 0 Å². The van der Waals surface area contributed by atoms with Gasteiger partial charge in [-0.3, -0.25) is 13.9 Å². The Morgan fingerprint density at radius 1 is 1.09 bits per heavy atom.